The number of aliphatic carboxylic acids is 2. The average Bonchev–Trinajstić information content (AvgIpc) is 3.06. The van der Waals surface area contributed by atoms with E-state index in [1.54, 1.807) is 0 Å². The maximum Gasteiger partial charge on any atom is 0.303 e. The lowest BCUT2D eigenvalue weighted by atomic mass is 10.1. The number of hydrogen-bond donors (Lipinski definition) is 2. The van der Waals surface area contributed by atoms with E-state index in [4.69, 9.17) is 10.2 Å². The third kappa shape index (κ3) is 3.93. The fourth-order valence-corrected chi connectivity index (χ4v) is 3.57. The lowest BCUT2D eigenvalue weighted by molar-refractivity contribution is -0.138. The van der Waals surface area contributed by atoms with Gasteiger partial charge in [0, 0.05) is 25.9 Å². The molecular formula is C20H20N2O8. The minimum Gasteiger partial charge on any atom is -0.481 e. The van der Waals surface area contributed by atoms with E-state index in [1.807, 2.05) is 0 Å². The van der Waals surface area contributed by atoms with Crippen LogP contribution in [-0.2, 0) is 22.7 Å². The molecular weight excluding hydrogens is 396 g/mol. The second kappa shape index (κ2) is 8.44. The molecule has 3 aromatic rings. The number of benzene rings is 1. The molecule has 2 heterocycles. The van der Waals surface area contributed by atoms with Crippen LogP contribution in [0.5, 0.6) is 0 Å². The fraction of sp³-hybridized carbons (Fsp3) is 0.400. The van der Waals surface area contributed by atoms with Crippen LogP contribution in [0.4, 0.5) is 0 Å². The highest BCUT2D eigenvalue weighted by atomic mass is 16.4. The summed E-state index contributed by atoms with van der Waals surface area (Å²) in [5.74, 6) is -1.92. The first kappa shape index (κ1) is 21.2. The summed E-state index contributed by atoms with van der Waals surface area (Å²) in [7, 11) is 0. The number of carboxylic acid groups (broad SMARTS) is 2. The van der Waals surface area contributed by atoms with Crippen molar-refractivity contribution in [2.75, 3.05) is 0 Å². The molecule has 158 valence electrons. The van der Waals surface area contributed by atoms with E-state index < -0.39 is 34.2 Å². The molecule has 2 aromatic heterocycles. The van der Waals surface area contributed by atoms with Crippen molar-refractivity contribution in [1.29, 1.82) is 0 Å². The Bertz CT molecular complexity index is 1160. The van der Waals surface area contributed by atoms with Crippen molar-refractivity contribution in [2.24, 2.45) is 0 Å². The van der Waals surface area contributed by atoms with Gasteiger partial charge in [0.1, 0.15) is 0 Å². The van der Waals surface area contributed by atoms with Crippen molar-refractivity contribution in [3.8, 4) is 0 Å². The highest BCUT2D eigenvalue weighted by Crippen LogP contribution is 2.15. The maximum atomic E-state index is 12.6. The molecule has 0 bridgehead atoms. The first-order chi connectivity index (χ1) is 14.2. The van der Waals surface area contributed by atoms with Crippen molar-refractivity contribution in [1.82, 2.24) is 9.13 Å². The van der Waals surface area contributed by atoms with Gasteiger partial charge in [0.25, 0.3) is 22.2 Å². The minimum atomic E-state index is -0.960. The predicted octanol–water partition coefficient (Wildman–Crippen LogP) is 0.422. The summed E-state index contributed by atoms with van der Waals surface area (Å²) in [6.07, 6.45) is 1.16. The zero-order valence-electron chi connectivity index (χ0n) is 16.0. The molecule has 10 nitrogen and oxygen atoms in total. The van der Waals surface area contributed by atoms with Crippen molar-refractivity contribution in [3.63, 3.8) is 0 Å². The smallest absolute Gasteiger partial charge is 0.303 e. The van der Waals surface area contributed by atoms with Crippen molar-refractivity contribution in [3.05, 3.63) is 53.5 Å². The van der Waals surface area contributed by atoms with E-state index >= 15 is 0 Å². The molecule has 0 unspecified atom stereocenters. The first-order valence-electron chi connectivity index (χ1n) is 9.56. The molecule has 0 aliphatic rings. The number of aromatic nitrogens is 2. The van der Waals surface area contributed by atoms with Crippen LogP contribution in [0.15, 0.2) is 31.3 Å². The number of unbranched alkanes of at least 4 members (excludes halogenated alkanes) is 2. The van der Waals surface area contributed by atoms with Gasteiger partial charge in [-0.05, 0) is 37.8 Å². The SMILES string of the molecule is O=C(O)CCCCn1c(=O)c2cc3c(=O)n(CCCCC(=O)O)c(=O)c3cc2c1=O. The van der Waals surface area contributed by atoms with Crippen LogP contribution in [-0.4, -0.2) is 31.3 Å². The molecule has 0 radical (unpaired) electrons. The van der Waals surface area contributed by atoms with Crippen LogP contribution in [0.3, 0.4) is 0 Å². The van der Waals surface area contributed by atoms with Gasteiger partial charge in [0.05, 0.1) is 21.5 Å². The van der Waals surface area contributed by atoms with Crippen LogP contribution < -0.4 is 22.2 Å². The van der Waals surface area contributed by atoms with E-state index in [-0.39, 0.29) is 47.5 Å². The highest BCUT2D eigenvalue weighted by molar-refractivity contribution is 5.97. The van der Waals surface area contributed by atoms with Gasteiger partial charge in [-0.3, -0.25) is 37.9 Å². The van der Waals surface area contributed by atoms with Crippen LogP contribution in [0, 0.1) is 0 Å². The molecule has 0 atom stereocenters. The van der Waals surface area contributed by atoms with Crippen LogP contribution in [0.2, 0.25) is 0 Å². The first-order valence-corrected chi connectivity index (χ1v) is 9.56. The van der Waals surface area contributed by atoms with Gasteiger partial charge in [0.2, 0.25) is 0 Å². The molecule has 0 saturated carbocycles. The number of hydrogen-bond acceptors (Lipinski definition) is 6. The largest absolute Gasteiger partial charge is 0.481 e. The predicted molar refractivity (Wildman–Crippen MR) is 108 cm³/mol. The van der Waals surface area contributed by atoms with Crippen LogP contribution in [0.25, 0.3) is 21.5 Å². The Morgan fingerprint density at radius 2 is 0.900 bits per heavy atom. The van der Waals surface area contributed by atoms with E-state index in [0.717, 1.165) is 9.13 Å². The highest BCUT2D eigenvalue weighted by Gasteiger charge is 2.19. The summed E-state index contributed by atoms with van der Waals surface area (Å²) in [6, 6.07) is 2.53. The molecule has 30 heavy (non-hydrogen) atoms. The van der Waals surface area contributed by atoms with Crippen molar-refractivity contribution in [2.45, 2.75) is 51.6 Å². The Morgan fingerprint density at radius 1 is 0.600 bits per heavy atom. The van der Waals surface area contributed by atoms with Gasteiger partial charge in [-0.15, -0.1) is 0 Å². The Balaban J connectivity index is 1.95. The molecule has 10 heteroatoms. The summed E-state index contributed by atoms with van der Waals surface area (Å²) in [6.45, 7) is 0.115. The summed E-state index contributed by atoms with van der Waals surface area (Å²) in [5.41, 5.74) is -2.30. The van der Waals surface area contributed by atoms with Crippen molar-refractivity contribution < 1.29 is 19.8 Å². The van der Waals surface area contributed by atoms with Gasteiger partial charge >= 0.3 is 11.9 Å². The Hall–Kier alpha value is -3.56. The average molecular weight is 416 g/mol. The Kier molecular flexibility index (Phi) is 5.95. The second-order valence-electron chi connectivity index (χ2n) is 7.17. The van der Waals surface area contributed by atoms with Crippen molar-refractivity contribution >= 4 is 33.5 Å². The molecule has 0 aliphatic heterocycles. The molecule has 0 saturated heterocycles. The monoisotopic (exact) mass is 416 g/mol. The Morgan fingerprint density at radius 3 is 1.17 bits per heavy atom. The summed E-state index contributed by atoms with van der Waals surface area (Å²) in [5, 5.41) is 17.5. The minimum absolute atomic E-state index is 0.0471. The van der Waals surface area contributed by atoms with Gasteiger partial charge in [0.15, 0.2) is 0 Å². The fourth-order valence-electron chi connectivity index (χ4n) is 3.57. The lowest BCUT2D eigenvalue weighted by Gasteiger charge is -1.99. The van der Waals surface area contributed by atoms with E-state index in [1.165, 1.54) is 12.1 Å². The number of fused-ring (bicyclic) bond motifs is 2. The van der Waals surface area contributed by atoms with Crippen LogP contribution in [0.1, 0.15) is 38.5 Å². The lowest BCUT2D eigenvalue weighted by Crippen LogP contribution is -2.26. The quantitative estimate of drug-likeness (QED) is 0.451. The topological polar surface area (TPSA) is 153 Å². The number of carboxylic acids is 2. The van der Waals surface area contributed by atoms with Gasteiger partial charge in [-0.1, -0.05) is 0 Å². The van der Waals surface area contributed by atoms with Gasteiger partial charge in [-0.2, -0.15) is 0 Å². The molecule has 1 aromatic carbocycles. The summed E-state index contributed by atoms with van der Waals surface area (Å²) < 4.78 is 2.00. The zero-order valence-corrected chi connectivity index (χ0v) is 16.0. The zero-order chi connectivity index (χ0) is 22.0. The second-order valence-corrected chi connectivity index (χ2v) is 7.17. The van der Waals surface area contributed by atoms with E-state index in [0.29, 0.717) is 25.7 Å². The maximum absolute atomic E-state index is 12.6. The number of rotatable bonds is 10. The normalized spacial score (nSPS) is 11.5. The Labute approximate surface area is 168 Å². The third-order valence-corrected chi connectivity index (χ3v) is 5.10. The van der Waals surface area contributed by atoms with E-state index in [2.05, 4.69) is 0 Å². The molecule has 0 aliphatic carbocycles. The number of nitrogens with zero attached hydrogens (tertiary/aromatic N) is 2. The molecule has 0 spiro atoms. The third-order valence-electron chi connectivity index (χ3n) is 5.10. The molecule has 0 fully saturated rings. The van der Waals surface area contributed by atoms with Gasteiger partial charge in [-0.25, -0.2) is 0 Å². The summed E-state index contributed by atoms with van der Waals surface area (Å²) >= 11 is 0. The molecule has 2 N–H and O–H groups in total. The van der Waals surface area contributed by atoms with E-state index in [9.17, 15) is 28.8 Å². The van der Waals surface area contributed by atoms with Gasteiger partial charge < -0.3 is 10.2 Å². The molecule has 0 amide bonds. The standard InChI is InChI=1S/C20H20N2O8/c23-15(24)5-1-3-7-21-17(27)11-9-13-14(10-12(11)18(21)28)20(30)22(19(13)29)8-4-2-6-16(25)26/h9-10H,1-8H2,(H,23,24)(H,25,26). The summed E-state index contributed by atoms with van der Waals surface area (Å²) in [4.78, 5) is 71.6. The van der Waals surface area contributed by atoms with Crippen LogP contribution >= 0.6 is 0 Å². The molecule has 3 rings (SSSR count). The number of carbonyl (C=O) groups is 2.